The van der Waals surface area contributed by atoms with E-state index < -0.39 is 0 Å². The van der Waals surface area contributed by atoms with Crippen molar-refractivity contribution < 1.29 is 14.3 Å². The molecule has 0 fully saturated rings. The van der Waals surface area contributed by atoms with Crippen LogP contribution in [0, 0.1) is 5.92 Å². The minimum Gasteiger partial charge on any atom is -0.486 e. The molecule has 1 unspecified atom stereocenters. The average Bonchev–Trinajstić information content (AvgIpc) is 2.38. The molecule has 5 heteroatoms. The molecule has 0 aliphatic carbocycles. The lowest BCUT2D eigenvalue weighted by atomic mass is 9.90. The molecule has 0 radical (unpaired) electrons. The Labute approximate surface area is 105 Å². The lowest BCUT2D eigenvalue weighted by Gasteiger charge is -2.27. The molecule has 1 atom stereocenters. The van der Waals surface area contributed by atoms with Crippen molar-refractivity contribution in [1.82, 2.24) is 0 Å². The van der Waals surface area contributed by atoms with Gasteiger partial charge in [-0.25, -0.2) is 0 Å². The van der Waals surface area contributed by atoms with Crippen molar-refractivity contribution in [3.05, 3.63) is 17.7 Å². The van der Waals surface area contributed by atoms with E-state index in [-0.39, 0.29) is 11.8 Å². The number of nitrogens with one attached hydrogen (secondary N) is 1. The summed E-state index contributed by atoms with van der Waals surface area (Å²) in [4.78, 5) is 11.9. The number of benzene rings is 1. The van der Waals surface area contributed by atoms with Crippen molar-refractivity contribution in [1.29, 1.82) is 0 Å². The fraction of sp³-hybridized carbons (Fsp3) is 0.462. The van der Waals surface area contributed by atoms with E-state index in [0.29, 0.717) is 31.9 Å². The van der Waals surface area contributed by atoms with Gasteiger partial charge in [-0.2, -0.15) is 0 Å². The second-order valence-electron chi connectivity index (χ2n) is 4.62. The molecule has 0 spiro atoms. The Morgan fingerprint density at radius 1 is 1.28 bits per heavy atom. The molecule has 0 saturated heterocycles. The SMILES string of the molecule is NCCC1Cc2cc3c(cc2NC1=O)OCCO3. The van der Waals surface area contributed by atoms with E-state index in [1.54, 1.807) is 0 Å². The van der Waals surface area contributed by atoms with Crippen LogP contribution >= 0.6 is 0 Å². The van der Waals surface area contributed by atoms with Crippen molar-refractivity contribution >= 4 is 11.6 Å². The topological polar surface area (TPSA) is 73.6 Å². The smallest absolute Gasteiger partial charge is 0.227 e. The molecule has 2 heterocycles. The summed E-state index contributed by atoms with van der Waals surface area (Å²) in [6.45, 7) is 1.65. The third-order valence-corrected chi connectivity index (χ3v) is 3.38. The van der Waals surface area contributed by atoms with Crippen LogP contribution in [-0.4, -0.2) is 25.7 Å². The Hall–Kier alpha value is -1.75. The maximum Gasteiger partial charge on any atom is 0.227 e. The molecule has 0 saturated carbocycles. The predicted octanol–water partition coefficient (Wildman–Crippen LogP) is 0.917. The lowest BCUT2D eigenvalue weighted by Crippen LogP contribution is -2.31. The first-order chi connectivity index (χ1) is 8.78. The molecule has 5 nitrogen and oxygen atoms in total. The minimum atomic E-state index is -0.0370. The van der Waals surface area contributed by atoms with Crippen LogP contribution in [0.15, 0.2) is 12.1 Å². The van der Waals surface area contributed by atoms with Gasteiger partial charge in [-0.15, -0.1) is 0 Å². The number of hydrogen-bond acceptors (Lipinski definition) is 4. The highest BCUT2D eigenvalue weighted by Gasteiger charge is 2.27. The second kappa shape index (κ2) is 4.49. The Kier molecular flexibility index (Phi) is 2.83. The van der Waals surface area contributed by atoms with Gasteiger partial charge >= 0.3 is 0 Å². The normalized spacial score (nSPS) is 21.2. The first-order valence-electron chi connectivity index (χ1n) is 6.21. The average molecular weight is 248 g/mol. The summed E-state index contributed by atoms with van der Waals surface area (Å²) in [7, 11) is 0. The molecule has 1 amide bonds. The van der Waals surface area contributed by atoms with E-state index in [2.05, 4.69) is 5.32 Å². The summed E-state index contributed by atoms with van der Waals surface area (Å²) >= 11 is 0. The number of ether oxygens (including phenoxy) is 2. The number of rotatable bonds is 2. The van der Waals surface area contributed by atoms with Crippen LogP contribution in [-0.2, 0) is 11.2 Å². The molecule has 2 aliphatic heterocycles. The van der Waals surface area contributed by atoms with Crippen molar-refractivity contribution in [3.8, 4) is 11.5 Å². The molecule has 3 rings (SSSR count). The molecule has 1 aromatic carbocycles. The number of hydrogen-bond donors (Lipinski definition) is 2. The fourth-order valence-electron chi connectivity index (χ4n) is 2.44. The van der Waals surface area contributed by atoms with Gasteiger partial charge in [0.05, 0.1) is 0 Å². The van der Waals surface area contributed by atoms with Crippen LogP contribution in [0.5, 0.6) is 11.5 Å². The van der Waals surface area contributed by atoms with E-state index in [1.165, 1.54) is 0 Å². The van der Waals surface area contributed by atoms with Gasteiger partial charge in [0.1, 0.15) is 13.2 Å². The molecule has 0 bridgehead atoms. The standard InChI is InChI=1S/C13H16N2O3/c14-2-1-8-5-9-6-11-12(18-4-3-17-11)7-10(9)15-13(8)16/h6-8H,1-5,14H2,(H,15,16). The Morgan fingerprint density at radius 2 is 2.00 bits per heavy atom. The van der Waals surface area contributed by atoms with E-state index in [1.807, 2.05) is 12.1 Å². The van der Waals surface area contributed by atoms with Gasteiger partial charge in [-0.05, 0) is 31.0 Å². The Bertz CT molecular complexity index is 487. The van der Waals surface area contributed by atoms with Crippen LogP contribution in [0.2, 0.25) is 0 Å². The molecular formula is C13H16N2O3. The van der Waals surface area contributed by atoms with E-state index in [0.717, 1.165) is 23.4 Å². The van der Waals surface area contributed by atoms with Gasteiger partial charge in [0, 0.05) is 17.7 Å². The first-order valence-corrected chi connectivity index (χ1v) is 6.21. The third kappa shape index (κ3) is 1.90. The Balaban J connectivity index is 1.93. The molecule has 18 heavy (non-hydrogen) atoms. The number of amides is 1. The molecule has 2 aliphatic rings. The summed E-state index contributed by atoms with van der Waals surface area (Å²) < 4.78 is 11.1. The quantitative estimate of drug-likeness (QED) is 0.816. The summed E-state index contributed by atoms with van der Waals surface area (Å²) in [5, 5.41) is 2.91. The number of fused-ring (bicyclic) bond motifs is 2. The predicted molar refractivity (Wildman–Crippen MR) is 66.9 cm³/mol. The van der Waals surface area contributed by atoms with Gasteiger partial charge in [0.15, 0.2) is 11.5 Å². The zero-order chi connectivity index (χ0) is 12.5. The van der Waals surface area contributed by atoms with E-state index in [9.17, 15) is 4.79 Å². The maximum atomic E-state index is 11.9. The lowest BCUT2D eigenvalue weighted by molar-refractivity contribution is -0.120. The highest BCUT2D eigenvalue weighted by molar-refractivity contribution is 5.96. The van der Waals surface area contributed by atoms with E-state index in [4.69, 9.17) is 15.2 Å². The van der Waals surface area contributed by atoms with Crippen LogP contribution in [0.1, 0.15) is 12.0 Å². The van der Waals surface area contributed by atoms with Crippen molar-refractivity contribution in [2.24, 2.45) is 11.7 Å². The highest BCUT2D eigenvalue weighted by Crippen LogP contribution is 2.38. The molecule has 3 N–H and O–H groups in total. The molecule has 0 aromatic heterocycles. The molecule has 1 aromatic rings. The summed E-state index contributed by atoms with van der Waals surface area (Å²) in [6.07, 6.45) is 1.43. The van der Waals surface area contributed by atoms with Gasteiger partial charge < -0.3 is 20.5 Å². The van der Waals surface area contributed by atoms with Gasteiger partial charge in [0.25, 0.3) is 0 Å². The monoisotopic (exact) mass is 248 g/mol. The van der Waals surface area contributed by atoms with Gasteiger partial charge in [-0.3, -0.25) is 4.79 Å². The van der Waals surface area contributed by atoms with Crippen LogP contribution in [0.25, 0.3) is 0 Å². The zero-order valence-electron chi connectivity index (χ0n) is 10.1. The number of carbonyl (C=O) groups is 1. The minimum absolute atomic E-state index is 0.0370. The van der Waals surface area contributed by atoms with Crippen LogP contribution in [0.4, 0.5) is 5.69 Å². The third-order valence-electron chi connectivity index (χ3n) is 3.38. The summed E-state index contributed by atoms with van der Waals surface area (Å²) in [5.41, 5.74) is 7.45. The van der Waals surface area contributed by atoms with Crippen LogP contribution < -0.4 is 20.5 Å². The Morgan fingerprint density at radius 3 is 2.72 bits per heavy atom. The summed E-state index contributed by atoms with van der Waals surface area (Å²) in [6, 6.07) is 3.81. The van der Waals surface area contributed by atoms with E-state index >= 15 is 0 Å². The van der Waals surface area contributed by atoms with Crippen molar-refractivity contribution in [3.63, 3.8) is 0 Å². The number of nitrogens with two attached hydrogens (primary N) is 1. The summed E-state index contributed by atoms with van der Waals surface area (Å²) in [5.74, 6) is 1.48. The van der Waals surface area contributed by atoms with Gasteiger partial charge in [-0.1, -0.05) is 0 Å². The van der Waals surface area contributed by atoms with Crippen molar-refractivity contribution in [2.45, 2.75) is 12.8 Å². The number of anilines is 1. The van der Waals surface area contributed by atoms with Gasteiger partial charge in [0.2, 0.25) is 5.91 Å². The highest BCUT2D eigenvalue weighted by atomic mass is 16.6. The fourth-order valence-corrected chi connectivity index (χ4v) is 2.44. The van der Waals surface area contributed by atoms with Crippen molar-refractivity contribution in [2.75, 3.05) is 25.1 Å². The molecule has 96 valence electrons. The molecular weight excluding hydrogens is 232 g/mol. The maximum absolute atomic E-state index is 11.9. The second-order valence-corrected chi connectivity index (χ2v) is 4.62. The first kappa shape index (κ1) is 11.3. The number of carbonyl (C=O) groups excluding carboxylic acids is 1. The zero-order valence-corrected chi connectivity index (χ0v) is 10.1. The largest absolute Gasteiger partial charge is 0.486 e. The van der Waals surface area contributed by atoms with Crippen LogP contribution in [0.3, 0.4) is 0 Å².